The third-order valence-electron chi connectivity index (χ3n) is 5.43. The lowest BCUT2D eigenvalue weighted by Crippen LogP contribution is -1.98. The van der Waals surface area contributed by atoms with E-state index in [4.69, 9.17) is 4.52 Å². The fraction of sp³-hybridized carbons (Fsp3) is 0.571. The Labute approximate surface area is 221 Å². The molecule has 7 nitrogen and oxygen atoms in total. The first-order chi connectivity index (χ1) is 16.8. The summed E-state index contributed by atoms with van der Waals surface area (Å²) in [6.45, 7) is 23.1. The van der Waals surface area contributed by atoms with Crippen LogP contribution in [0.15, 0.2) is 39.7 Å². The fourth-order valence-electron chi connectivity index (χ4n) is 3.10. The zero-order chi connectivity index (χ0) is 27.4. The van der Waals surface area contributed by atoms with Crippen molar-refractivity contribution in [1.82, 2.24) is 24.5 Å². The molecule has 0 N–H and O–H groups in total. The smallest absolute Gasteiger partial charge is 0.142 e. The van der Waals surface area contributed by atoms with E-state index >= 15 is 0 Å². The first-order valence-electron chi connectivity index (χ1n) is 12.6. The summed E-state index contributed by atoms with van der Waals surface area (Å²) in [6, 6.07) is 6.07. The SMILES string of the molecule is CC(C)c1ccnn1C.CC(C)c1ccon1.Cc1cc(C(C)C)sn1.Cc1noc(C(C)C)c1C. The molecule has 0 fully saturated rings. The second-order valence-electron chi connectivity index (χ2n) is 10.1. The molecule has 4 aromatic rings. The van der Waals surface area contributed by atoms with Crippen molar-refractivity contribution in [3.05, 3.63) is 69.6 Å². The van der Waals surface area contributed by atoms with E-state index in [9.17, 15) is 0 Å². The lowest BCUT2D eigenvalue weighted by molar-refractivity contribution is 0.367. The Kier molecular flexibility index (Phi) is 13.4. The van der Waals surface area contributed by atoms with Crippen molar-refractivity contribution in [1.29, 1.82) is 0 Å². The van der Waals surface area contributed by atoms with Gasteiger partial charge in [0.25, 0.3) is 0 Å². The van der Waals surface area contributed by atoms with Crippen LogP contribution in [0.2, 0.25) is 0 Å². The summed E-state index contributed by atoms with van der Waals surface area (Å²) in [5.41, 5.74) is 5.64. The molecule has 0 saturated carbocycles. The van der Waals surface area contributed by atoms with Crippen LogP contribution in [0.1, 0.15) is 118 Å². The van der Waals surface area contributed by atoms with Crippen LogP contribution < -0.4 is 0 Å². The standard InChI is InChI=1S/C8H13NO.C7H12N2.C7H11NS.C6H9NO/c1-5(2)8-6(3)7(4)9-10-8;1-6(2)7-4-5-8-9(7)3;1-5(2)7-4-6(3)8-9-7;1-5(2)6-3-4-8-7-6/h5H,1-4H3;4-6H,1-3H3;4-5H,1-3H3;3-5H,1-2H3. The number of hydrogen-bond acceptors (Lipinski definition) is 7. The van der Waals surface area contributed by atoms with Gasteiger partial charge in [-0.3, -0.25) is 4.68 Å². The lowest BCUT2D eigenvalue weighted by Gasteiger charge is -2.02. The maximum absolute atomic E-state index is 5.11. The molecule has 0 amide bonds. The summed E-state index contributed by atoms with van der Waals surface area (Å²) in [4.78, 5) is 1.38. The van der Waals surface area contributed by atoms with Crippen LogP contribution in [-0.2, 0) is 7.05 Å². The highest BCUT2D eigenvalue weighted by atomic mass is 32.1. The Morgan fingerprint density at radius 2 is 1.50 bits per heavy atom. The van der Waals surface area contributed by atoms with Crippen LogP contribution in [0.5, 0.6) is 0 Å². The van der Waals surface area contributed by atoms with Gasteiger partial charge >= 0.3 is 0 Å². The van der Waals surface area contributed by atoms with Gasteiger partial charge in [-0.2, -0.15) is 9.47 Å². The first-order valence-corrected chi connectivity index (χ1v) is 13.4. The topological polar surface area (TPSA) is 82.8 Å². The highest BCUT2D eigenvalue weighted by Gasteiger charge is 2.10. The predicted molar refractivity (Wildman–Crippen MR) is 149 cm³/mol. The molecule has 0 aliphatic heterocycles. The summed E-state index contributed by atoms with van der Waals surface area (Å²) in [5.74, 6) is 3.15. The van der Waals surface area contributed by atoms with Gasteiger partial charge in [-0.05, 0) is 62.2 Å². The van der Waals surface area contributed by atoms with Crippen molar-refractivity contribution in [3.63, 3.8) is 0 Å². The van der Waals surface area contributed by atoms with Crippen LogP contribution in [-0.4, -0.2) is 24.5 Å². The van der Waals surface area contributed by atoms with E-state index < -0.39 is 0 Å². The minimum atomic E-state index is 0.446. The van der Waals surface area contributed by atoms with E-state index in [2.05, 4.69) is 85.8 Å². The second kappa shape index (κ2) is 15.4. The summed E-state index contributed by atoms with van der Waals surface area (Å²) < 4.78 is 15.8. The molecule has 4 aromatic heterocycles. The predicted octanol–water partition coefficient (Wildman–Crippen LogP) is 8.33. The van der Waals surface area contributed by atoms with Crippen molar-refractivity contribution >= 4 is 11.5 Å². The minimum Gasteiger partial charge on any atom is -0.365 e. The molecule has 0 radical (unpaired) electrons. The van der Waals surface area contributed by atoms with Gasteiger partial charge in [-0.1, -0.05) is 65.7 Å². The van der Waals surface area contributed by atoms with Crippen LogP contribution in [0, 0.1) is 20.8 Å². The zero-order valence-corrected chi connectivity index (χ0v) is 25.0. The molecule has 200 valence electrons. The zero-order valence-electron chi connectivity index (χ0n) is 24.2. The van der Waals surface area contributed by atoms with Crippen LogP contribution in [0.3, 0.4) is 0 Å². The highest BCUT2D eigenvalue weighted by molar-refractivity contribution is 7.05. The number of hydrogen-bond donors (Lipinski definition) is 0. The molecular formula is C28H45N5O2S. The van der Waals surface area contributed by atoms with Gasteiger partial charge in [0.05, 0.1) is 17.1 Å². The van der Waals surface area contributed by atoms with Crippen molar-refractivity contribution in [2.75, 3.05) is 0 Å². The van der Waals surface area contributed by atoms with Crippen molar-refractivity contribution in [2.24, 2.45) is 7.05 Å². The third-order valence-corrected chi connectivity index (χ3v) is 6.61. The van der Waals surface area contributed by atoms with E-state index in [1.807, 2.05) is 50.8 Å². The quantitative estimate of drug-likeness (QED) is 0.272. The normalized spacial score (nSPS) is 10.7. The Morgan fingerprint density at radius 3 is 1.72 bits per heavy atom. The Bertz CT molecular complexity index is 1110. The second-order valence-corrected chi connectivity index (χ2v) is 10.9. The van der Waals surface area contributed by atoms with E-state index in [0.29, 0.717) is 23.7 Å². The Hall–Kier alpha value is -2.74. The maximum atomic E-state index is 5.11. The fourth-order valence-corrected chi connectivity index (χ4v) is 3.83. The summed E-state index contributed by atoms with van der Waals surface area (Å²) in [5, 5.41) is 11.7. The van der Waals surface area contributed by atoms with Crippen molar-refractivity contribution < 1.29 is 9.05 Å². The Morgan fingerprint density at radius 1 is 0.833 bits per heavy atom. The number of aryl methyl sites for hydroxylation is 3. The van der Waals surface area contributed by atoms with E-state index in [1.54, 1.807) is 17.8 Å². The van der Waals surface area contributed by atoms with Crippen LogP contribution >= 0.6 is 11.5 Å². The van der Waals surface area contributed by atoms with E-state index in [0.717, 1.165) is 22.8 Å². The minimum absolute atomic E-state index is 0.446. The van der Waals surface area contributed by atoms with E-state index in [1.165, 1.54) is 16.1 Å². The average Bonchev–Trinajstić information content (AvgIpc) is 3.59. The maximum Gasteiger partial charge on any atom is 0.142 e. The molecule has 8 heteroatoms. The molecule has 0 aliphatic rings. The van der Waals surface area contributed by atoms with Crippen LogP contribution in [0.25, 0.3) is 0 Å². The third kappa shape index (κ3) is 10.5. The highest BCUT2D eigenvalue weighted by Crippen LogP contribution is 2.20. The molecule has 36 heavy (non-hydrogen) atoms. The Balaban J connectivity index is 0.000000241. The number of nitrogens with zero attached hydrogens (tertiary/aromatic N) is 5. The molecule has 0 aliphatic carbocycles. The molecule has 0 spiro atoms. The largest absolute Gasteiger partial charge is 0.365 e. The van der Waals surface area contributed by atoms with Crippen LogP contribution in [0.4, 0.5) is 0 Å². The van der Waals surface area contributed by atoms with Gasteiger partial charge in [-0.15, -0.1) is 0 Å². The molecule has 0 saturated heterocycles. The van der Waals surface area contributed by atoms with Gasteiger partial charge in [0.2, 0.25) is 0 Å². The van der Waals surface area contributed by atoms with Gasteiger partial charge in [0.1, 0.15) is 12.0 Å². The summed E-state index contributed by atoms with van der Waals surface area (Å²) in [6.07, 6.45) is 3.42. The van der Waals surface area contributed by atoms with E-state index in [-0.39, 0.29) is 0 Å². The molecule has 0 aromatic carbocycles. The van der Waals surface area contributed by atoms with Crippen molar-refractivity contribution in [2.45, 2.75) is 99.8 Å². The number of rotatable bonds is 4. The molecular weight excluding hydrogens is 470 g/mol. The van der Waals surface area contributed by atoms with Crippen molar-refractivity contribution in [3.8, 4) is 0 Å². The molecule has 0 bridgehead atoms. The van der Waals surface area contributed by atoms with Gasteiger partial charge in [0, 0.05) is 41.4 Å². The molecule has 4 rings (SSSR count). The first kappa shape index (κ1) is 31.3. The number of aromatic nitrogens is 5. The molecule has 4 heterocycles. The average molecular weight is 516 g/mol. The lowest BCUT2D eigenvalue weighted by atomic mass is 10.1. The molecule has 0 atom stereocenters. The summed E-state index contributed by atoms with van der Waals surface area (Å²) >= 11 is 1.61. The van der Waals surface area contributed by atoms with Gasteiger partial charge in [0.15, 0.2) is 0 Å². The van der Waals surface area contributed by atoms with Gasteiger partial charge in [-0.25, -0.2) is 0 Å². The van der Waals surface area contributed by atoms with Gasteiger partial charge < -0.3 is 9.05 Å². The summed E-state index contributed by atoms with van der Waals surface area (Å²) in [7, 11) is 1.97. The molecule has 0 unspecified atom stereocenters. The monoisotopic (exact) mass is 515 g/mol.